The third-order valence-corrected chi connectivity index (χ3v) is 3.64. The first-order valence-corrected chi connectivity index (χ1v) is 7.04. The van der Waals surface area contributed by atoms with Crippen molar-refractivity contribution in [2.75, 3.05) is 13.6 Å². The molecule has 1 N–H and O–H groups in total. The highest BCUT2D eigenvalue weighted by atomic mass is 35.5. The van der Waals surface area contributed by atoms with E-state index in [0.717, 1.165) is 47.7 Å². The van der Waals surface area contributed by atoms with Gasteiger partial charge in [-0.3, -0.25) is 0 Å². The minimum absolute atomic E-state index is 0.280. The predicted molar refractivity (Wildman–Crippen MR) is 78.8 cm³/mol. The van der Waals surface area contributed by atoms with Crippen LogP contribution in [0.5, 0.6) is 5.75 Å². The summed E-state index contributed by atoms with van der Waals surface area (Å²) < 4.78 is 6.07. The number of ether oxygens (including phenoxy) is 1. The molecule has 0 radical (unpaired) electrons. The zero-order chi connectivity index (χ0) is 13.5. The van der Waals surface area contributed by atoms with Gasteiger partial charge in [-0.05, 0) is 63.5 Å². The van der Waals surface area contributed by atoms with Gasteiger partial charge in [0.2, 0.25) is 0 Å². The fraction of sp³-hybridized carbons (Fsp3) is 0.600. The number of benzene rings is 1. The summed E-state index contributed by atoms with van der Waals surface area (Å²) in [4.78, 5) is 0. The minimum Gasteiger partial charge on any atom is -0.490 e. The number of nitrogens with one attached hydrogen (secondary N) is 1. The Morgan fingerprint density at radius 3 is 2.33 bits per heavy atom. The molecule has 0 bridgehead atoms. The molecule has 0 aliphatic rings. The van der Waals surface area contributed by atoms with Crippen molar-refractivity contribution in [3.05, 3.63) is 28.3 Å². The third kappa shape index (κ3) is 4.51. The lowest BCUT2D eigenvalue weighted by atomic mass is 10.1. The number of aryl methyl sites for hydroxylation is 2. The molecule has 0 saturated carbocycles. The van der Waals surface area contributed by atoms with E-state index in [4.69, 9.17) is 16.3 Å². The molecule has 0 spiro atoms. The van der Waals surface area contributed by atoms with E-state index in [1.54, 1.807) is 0 Å². The highest BCUT2D eigenvalue weighted by Crippen LogP contribution is 2.27. The second-order valence-electron chi connectivity index (χ2n) is 4.79. The van der Waals surface area contributed by atoms with E-state index in [2.05, 4.69) is 12.2 Å². The molecule has 18 heavy (non-hydrogen) atoms. The molecule has 1 atom stereocenters. The minimum atomic E-state index is 0.280. The first-order chi connectivity index (χ1) is 8.58. The maximum Gasteiger partial charge on any atom is 0.120 e. The Morgan fingerprint density at radius 1 is 1.22 bits per heavy atom. The fourth-order valence-electron chi connectivity index (χ4n) is 2.06. The zero-order valence-corrected chi connectivity index (χ0v) is 12.6. The summed E-state index contributed by atoms with van der Waals surface area (Å²) in [6.07, 6.45) is 3.54. The molecule has 0 aromatic heterocycles. The van der Waals surface area contributed by atoms with Gasteiger partial charge in [-0.2, -0.15) is 0 Å². The van der Waals surface area contributed by atoms with Gasteiger partial charge in [0, 0.05) is 5.02 Å². The van der Waals surface area contributed by atoms with Crippen molar-refractivity contribution in [3.63, 3.8) is 0 Å². The fourth-order valence-corrected chi connectivity index (χ4v) is 2.17. The summed E-state index contributed by atoms with van der Waals surface area (Å²) in [7, 11) is 1.97. The van der Waals surface area contributed by atoms with Gasteiger partial charge < -0.3 is 10.1 Å². The van der Waals surface area contributed by atoms with Crippen molar-refractivity contribution in [2.24, 2.45) is 0 Å². The van der Waals surface area contributed by atoms with Crippen LogP contribution in [0.25, 0.3) is 0 Å². The lowest BCUT2D eigenvalue weighted by Gasteiger charge is -2.19. The standard InChI is InChI=1S/C15H24ClNO/c1-5-6-13(7-8-17-4)18-14-9-11(2)15(16)12(3)10-14/h9-10,13,17H,5-8H2,1-4H3. The molecule has 1 aromatic rings. The topological polar surface area (TPSA) is 21.3 Å². The molecule has 0 aliphatic carbocycles. The van der Waals surface area contributed by atoms with Crippen molar-refractivity contribution in [1.82, 2.24) is 5.32 Å². The van der Waals surface area contributed by atoms with Gasteiger partial charge >= 0.3 is 0 Å². The van der Waals surface area contributed by atoms with Gasteiger partial charge in [-0.15, -0.1) is 0 Å². The Bertz CT molecular complexity index is 356. The van der Waals surface area contributed by atoms with E-state index in [9.17, 15) is 0 Å². The summed E-state index contributed by atoms with van der Waals surface area (Å²) in [6, 6.07) is 4.05. The van der Waals surface area contributed by atoms with Crippen LogP contribution in [0, 0.1) is 13.8 Å². The average Bonchev–Trinajstić information content (AvgIpc) is 2.33. The second kappa shape index (κ2) is 7.65. The van der Waals surface area contributed by atoms with E-state index in [1.807, 2.05) is 33.0 Å². The number of halogens is 1. The second-order valence-corrected chi connectivity index (χ2v) is 5.17. The predicted octanol–water partition coefficient (Wildman–Crippen LogP) is 4.11. The first kappa shape index (κ1) is 15.3. The molecule has 1 aromatic carbocycles. The largest absolute Gasteiger partial charge is 0.490 e. The molecule has 0 aliphatic heterocycles. The van der Waals surface area contributed by atoms with Crippen molar-refractivity contribution in [1.29, 1.82) is 0 Å². The molecule has 102 valence electrons. The number of rotatable bonds is 7. The summed E-state index contributed by atoms with van der Waals surface area (Å²) >= 11 is 6.17. The molecule has 1 rings (SSSR count). The van der Waals surface area contributed by atoms with Crippen LogP contribution in [0.4, 0.5) is 0 Å². The Morgan fingerprint density at radius 2 is 1.83 bits per heavy atom. The van der Waals surface area contributed by atoms with E-state index in [-0.39, 0.29) is 6.10 Å². The summed E-state index contributed by atoms with van der Waals surface area (Å²) in [5.41, 5.74) is 2.16. The zero-order valence-electron chi connectivity index (χ0n) is 11.8. The van der Waals surface area contributed by atoms with E-state index >= 15 is 0 Å². The monoisotopic (exact) mass is 269 g/mol. The van der Waals surface area contributed by atoms with Crippen LogP contribution in [0.2, 0.25) is 5.02 Å². The molecular weight excluding hydrogens is 246 g/mol. The normalized spacial score (nSPS) is 12.5. The van der Waals surface area contributed by atoms with Crippen LogP contribution in [0.1, 0.15) is 37.3 Å². The van der Waals surface area contributed by atoms with Crippen molar-refractivity contribution in [3.8, 4) is 5.75 Å². The summed E-state index contributed by atoms with van der Waals surface area (Å²) in [5.74, 6) is 0.934. The molecule has 0 fully saturated rings. The smallest absolute Gasteiger partial charge is 0.120 e. The van der Waals surface area contributed by atoms with Crippen LogP contribution in [-0.4, -0.2) is 19.7 Å². The molecule has 0 heterocycles. The Hall–Kier alpha value is -0.730. The van der Waals surface area contributed by atoms with E-state index in [0.29, 0.717) is 0 Å². The van der Waals surface area contributed by atoms with E-state index < -0.39 is 0 Å². The van der Waals surface area contributed by atoms with Gasteiger partial charge in [0.05, 0.1) is 6.10 Å². The van der Waals surface area contributed by atoms with Crippen LogP contribution in [-0.2, 0) is 0 Å². The Balaban J connectivity index is 2.73. The quantitative estimate of drug-likeness (QED) is 0.804. The molecular formula is C15H24ClNO. The van der Waals surface area contributed by atoms with Crippen LogP contribution in [0.3, 0.4) is 0 Å². The summed E-state index contributed by atoms with van der Waals surface area (Å²) in [6.45, 7) is 7.21. The van der Waals surface area contributed by atoms with Gasteiger partial charge in [0.15, 0.2) is 0 Å². The maximum atomic E-state index is 6.17. The molecule has 1 unspecified atom stereocenters. The Labute approximate surface area is 116 Å². The highest BCUT2D eigenvalue weighted by Gasteiger charge is 2.11. The van der Waals surface area contributed by atoms with Crippen LogP contribution < -0.4 is 10.1 Å². The lowest BCUT2D eigenvalue weighted by molar-refractivity contribution is 0.180. The molecule has 0 amide bonds. The van der Waals surface area contributed by atoms with Crippen LogP contribution >= 0.6 is 11.6 Å². The number of hydrogen-bond donors (Lipinski definition) is 1. The molecule has 0 saturated heterocycles. The molecule has 2 nitrogen and oxygen atoms in total. The first-order valence-electron chi connectivity index (χ1n) is 6.66. The van der Waals surface area contributed by atoms with Crippen molar-refractivity contribution < 1.29 is 4.74 Å². The summed E-state index contributed by atoms with van der Waals surface area (Å²) in [5, 5.41) is 4.01. The van der Waals surface area contributed by atoms with Gasteiger partial charge in [0.25, 0.3) is 0 Å². The van der Waals surface area contributed by atoms with Gasteiger partial charge in [-0.25, -0.2) is 0 Å². The number of hydrogen-bond acceptors (Lipinski definition) is 2. The average molecular weight is 270 g/mol. The third-order valence-electron chi connectivity index (χ3n) is 3.04. The van der Waals surface area contributed by atoms with Crippen molar-refractivity contribution in [2.45, 2.75) is 46.1 Å². The lowest BCUT2D eigenvalue weighted by Crippen LogP contribution is -2.22. The van der Waals surface area contributed by atoms with Crippen LogP contribution in [0.15, 0.2) is 12.1 Å². The maximum absolute atomic E-state index is 6.17. The van der Waals surface area contributed by atoms with Crippen molar-refractivity contribution >= 4 is 11.6 Å². The highest BCUT2D eigenvalue weighted by molar-refractivity contribution is 6.32. The van der Waals surface area contributed by atoms with Gasteiger partial charge in [0.1, 0.15) is 5.75 Å². The van der Waals surface area contributed by atoms with E-state index in [1.165, 1.54) is 0 Å². The molecule has 3 heteroatoms. The SMILES string of the molecule is CCCC(CCNC)Oc1cc(C)c(Cl)c(C)c1. The Kier molecular flexibility index (Phi) is 6.51. The van der Waals surface area contributed by atoms with Gasteiger partial charge in [-0.1, -0.05) is 24.9 Å².